The zero-order valence-corrected chi connectivity index (χ0v) is 25.8. The monoisotopic (exact) mass is 639 g/mol. The predicted octanol–water partition coefficient (Wildman–Crippen LogP) is -1.11. The fourth-order valence-corrected chi connectivity index (χ4v) is 5.36. The maximum Gasteiger partial charge on any atom is 0.311 e. The summed E-state index contributed by atoms with van der Waals surface area (Å²) in [5.41, 5.74) is 6.02. The number of rotatable bonds is 21. The van der Waals surface area contributed by atoms with E-state index in [1.54, 1.807) is 6.08 Å². The Hall–Kier alpha value is -0.820. The molecule has 0 bridgehead atoms. The quantitative estimate of drug-likeness (QED) is 0.0407. The minimum atomic E-state index is -3.05. The molecule has 2 fully saturated rings. The van der Waals surface area contributed by atoms with Gasteiger partial charge in [-0.15, -0.1) is 0 Å². The molecule has 260 valence electrons. The van der Waals surface area contributed by atoms with Crippen molar-refractivity contribution >= 4 is 0 Å². The van der Waals surface area contributed by atoms with Crippen LogP contribution in [0.5, 0.6) is 0 Å². The maximum atomic E-state index is 10.7. The van der Waals surface area contributed by atoms with Gasteiger partial charge in [0.1, 0.15) is 42.7 Å². The maximum absolute atomic E-state index is 10.7. The average molecular weight is 640 g/mol. The van der Waals surface area contributed by atoms with Crippen molar-refractivity contribution in [3.05, 3.63) is 12.2 Å². The fraction of sp³-hybridized carbons (Fsp3) is 0.933. The van der Waals surface area contributed by atoms with E-state index in [4.69, 9.17) is 24.7 Å². The lowest BCUT2D eigenvalue weighted by Crippen LogP contribution is -2.70. The van der Waals surface area contributed by atoms with E-state index in [0.717, 1.165) is 19.3 Å². The topological polar surface area (TPSA) is 245 Å². The number of aliphatic hydroxyl groups is 9. The van der Waals surface area contributed by atoms with Gasteiger partial charge in [0.15, 0.2) is 12.4 Å². The van der Waals surface area contributed by atoms with E-state index in [1.165, 1.54) is 57.8 Å². The van der Waals surface area contributed by atoms with Crippen LogP contribution in [0.25, 0.3) is 0 Å². The molecule has 11 N–H and O–H groups in total. The minimum absolute atomic E-state index is 0.282. The van der Waals surface area contributed by atoms with Gasteiger partial charge in [0.2, 0.25) is 0 Å². The molecule has 44 heavy (non-hydrogen) atoms. The Bertz CT molecular complexity index is 790. The molecule has 0 aromatic carbocycles. The Morgan fingerprint density at radius 2 is 1.36 bits per heavy atom. The van der Waals surface area contributed by atoms with E-state index in [-0.39, 0.29) is 6.61 Å². The van der Waals surface area contributed by atoms with Gasteiger partial charge in [-0.25, -0.2) is 0 Å². The van der Waals surface area contributed by atoms with Gasteiger partial charge in [-0.05, 0) is 12.8 Å². The predicted molar refractivity (Wildman–Crippen MR) is 158 cm³/mol. The first-order chi connectivity index (χ1) is 21.0. The molecule has 2 rings (SSSR count). The SMILES string of the molecule is CCCCCCCCCCCCC/C=C/[C@@H](O)C(N)CO[C@@H]1O[C@H](CO)C(OC2(O)O[C@H](CO)[C@H](O)[C@H](O)C2O)[C@H](O)C1O. The summed E-state index contributed by atoms with van der Waals surface area (Å²) in [6, 6.07) is -0.895. The molecule has 0 aliphatic carbocycles. The van der Waals surface area contributed by atoms with Crippen molar-refractivity contribution in [1.29, 1.82) is 0 Å². The van der Waals surface area contributed by atoms with E-state index in [2.05, 4.69) is 6.92 Å². The first-order valence-electron chi connectivity index (χ1n) is 16.1. The van der Waals surface area contributed by atoms with E-state index >= 15 is 0 Å². The molecular weight excluding hydrogens is 582 g/mol. The van der Waals surface area contributed by atoms with E-state index in [9.17, 15) is 46.0 Å². The summed E-state index contributed by atoms with van der Waals surface area (Å²) in [5.74, 6) is -3.05. The lowest BCUT2D eigenvalue weighted by molar-refractivity contribution is -0.473. The van der Waals surface area contributed by atoms with Crippen molar-refractivity contribution in [2.45, 2.75) is 157 Å². The summed E-state index contributed by atoms with van der Waals surface area (Å²) < 4.78 is 21.3. The summed E-state index contributed by atoms with van der Waals surface area (Å²) in [6.45, 7) is 0.284. The second-order valence-corrected chi connectivity index (χ2v) is 11.9. The summed E-state index contributed by atoms with van der Waals surface area (Å²) in [4.78, 5) is 0. The number of ether oxygens (including phenoxy) is 4. The van der Waals surface area contributed by atoms with Gasteiger partial charge in [-0.2, -0.15) is 0 Å². The zero-order valence-electron chi connectivity index (χ0n) is 25.8. The van der Waals surface area contributed by atoms with Crippen LogP contribution in [-0.2, 0) is 18.9 Å². The molecule has 0 spiro atoms. The molecule has 2 aliphatic heterocycles. The van der Waals surface area contributed by atoms with Gasteiger partial charge in [0.05, 0.1) is 32.0 Å². The number of hydrogen-bond donors (Lipinski definition) is 10. The van der Waals surface area contributed by atoms with E-state index in [0.29, 0.717) is 0 Å². The molecule has 12 atom stereocenters. The number of unbranched alkanes of at least 4 members (excludes halogenated alkanes) is 11. The van der Waals surface area contributed by atoms with Gasteiger partial charge in [-0.3, -0.25) is 0 Å². The van der Waals surface area contributed by atoms with Gasteiger partial charge < -0.3 is 70.6 Å². The lowest BCUT2D eigenvalue weighted by atomic mass is 9.96. The van der Waals surface area contributed by atoms with Crippen LogP contribution in [0.15, 0.2) is 12.2 Å². The number of hydrogen-bond acceptors (Lipinski definition) is 14. The second-order valence-electron chi connectivity index (χ2n) is 11.9. The summed E-state index contributed by atoms with van der Waals surface area (Å²) in [5, 5.41) is 91.7. The molecule has 2 aliphatic rings. The Morgan fingerprint density at radius 3 is 1.93 bits per heavy atom. The highest BCUT2D eigenvalue weighted by Crippen LogP contribution is 2.34. The Kier molecular flexibility index (Phi) is 18.3. The van der Waals surface area contributed by atoms with Gasteiger partial charge in [0.25, 0.3) is 0 Å². The Labute approximate surface area is 260 Å². The first kappa shape index (κ1) is 39.4. The van der Waals surface area contributed by atoms with Crippen LogP contribution < -0.4 is 5.73 Å². The fourth-order valence-electron chi connectivity index (χ4n) is 5.36. The average Bonchev–Trinajstić information content (AvgIpc) is 3.02. The summed E-state index contributed by atoms with van der Waals surface area (Å²) in [6.07, 6.45) is 1.06. The van der Waals surface area contributed by atoms with Crippen molar-refractivity contribution < 1.29 is 64.9 Å². The Morgan fingerprint density at radius 1 is 0.795 bits per heavy atom. The molecule has 14 heteroatoms. The second kappa shape index (κ2) is 20.4. The molecule has 0 saturated carbocycles. The highest BCUT2D eigenvalue weighted by molar-refractivity contribution is 4.97. The molecule has 0 radical (unpaired) electrons. The van der Waals surface area contributed by atoms with Crippen LogP contribution in [0.4, 0.5) is 0 Å². The van der Waals surface area contributed by atoms with Gasteiger partial charge >= 0.3 is 5.97 Å². The lowest BCUT2D eigenvalue weighted by Gasteiger charge is -2.49. The van der Waals surface area contributed by atoms with Crippen molar-refractivity contribution in [2.24, 2.45) is 5.73 Å². The van der Waals surface area contributed by atoms with Gasteiger partial charge in [-0.1, -0.05) is 83.3 Å². The van der Waals surface area contributed by atoms with E-state index in [1.807, 2.05) is 6.08 Å². The molecular formula is C30H57NO13. The first-order valence-corrected chi connectivity index (χ1v) is 16.1. The number of allylic oxidation sites excluding steroid dienone is 1. The van der Waals surface area contributed by atoms with Crippen LogP contribution in [0, 0.1) is 0 Å². The normalized spacial score (nSPS) is 36.1. The summed E-state index contributed by atoms with van der Waals surface area (Å²) >= 11 is 0. The molecule has 2 saturated heterocycles. The van der Waals surface area contributed by atoms with Crippen LogP contribution in [0.1, 0.15) is 84.0 Å². The molecule has 0 aromatic rings. The van der Waals surface area contributed by atoms with Crippen LogP contribution in [-0.4, -0.2) is 139 Å². The van der Waals surface area contributed by atoms with Crippen LogP contribution in [0.2, 0.25) is 0 Å². The number of aliphatic hydroxyl groups excluding tert-OH is 8. The number of nitrogens with two attached hydrogens (primary N) is 1. The summed E-state index contributed by atoms with van der Waals surface area (Å²) in [7, 11) is 0. The zero-order chi connectivity index (χ0) is 32.7. The standard InChI is InChI=1S/C30H57NO13/c1-2-3-4-5-6-7-8-9-10-11-12-13-14-15-20(34)19(31)18-41-29-26(38)24(36)27(22(17-33)42-29)44-30(40)28(39)25(37)23(35)21(16-32)43-30/h14-15,19-29,32-40H,2-13,16-18,31H2,1H3/b15-14+/t19?,20-,21-,22-,23+,24-,25+,26?,27?,28?,29-,30?/m1/s1. The molecule has 5 unspecified atom stereocenters. The van der Waals surface area contributed by atoms with Crippen LogP contribution in [0.3, 0.4) is 0 Å². The van der Waals surface area contributed by atoms with Crippen molar-refractivity contribution in [2.75, 3.05) is 19.8 Å². The van der Waals surface area contributed by atoms with Crippen molar-refractivity contribution in [3.63, 3.8) is 0 Å². The molecule has 2 heterocycles. The molecule has 14 nitrogen and oxygen atoms in total. The third-order valence-electron chi connectivity index (χ3n) is 8.25. The smallest absolute Gasteiger partial charge is 0.311 e. The third kappa shape index (κ3) is 11.8. The van der Waals surface area contributed by atoms with E-state index < -0.39 is 86.5 Å². The minimum Gasteiger partial charge on any atom is -0.394 e. The van der Waals surface area contributed by atoms with Gasteiger partial charge in [0, 0.05) is 0 Å². The third-order valence-corrected chi connectivity index (χ3v) is 8.25. The van der Waals surface area contributed by atoms with Crippen LogP contribution >= 0.6 is 0 Å². The largest absolute Gasteiger partial charge is 0.394 e. The van der Waals surface area contributed by atoms with Crippen molar-refractivity contribution in [3.8, 4) is 0 Å². The highest BCUT2D eigenvalue weighted by atomic mass is 16.8. The molecule has 0 aromatic heterocycles. The van der Waals surface area contributed by atoms with Crippen molar-refractivity contribution in [1.82, 2.24) is 0 Å². The molecule has 0 amide bonds. The highest BCUT2D eigenvalue weighted by Gasteiger charge is 2.58. The Balaban J connectivity index is 1.74.